The number of aryl methyl sites for hydroxylation is 1. The minimum atomic E-state index is 0.703. The van der Waals surface area contributed by atoms with Crippen LogP contribution in [0.3, 0.4) is 0 Å². The molecule has 0 unspecified atom stereocenters. The van der Waals surface area contributed by atoms with Crippen molar-refractivity contribution >= 4 is 56.9 Å². The van der Waals surface area contributed by atoms with Gasteiger partial charge in [0, 0.05) is 11.4 Å². The Hall–Kier alpha value is -5.71. The van der Waals surface area contributed by atoms with E-state index in [1.54, 1.807) is 12.3 Å². The van der Waals surface area contributed by atoms with Crippen LogP contribution in [0.5, 0.6) is 0 Å². The van der Waals surface area contributed by atoms with Crippen molar-refractivity contribution in [2.75, 3.05) is 17.3 Å². The molecule has 4 heteroatoms. The average Bonchev–Trinajstić information content (AvgIpc) is 3.13. The van der Waals surface area contributed by atoms with Crippen LogP contribution < -0.4 is 16.8 Å². The predicted octanol–water partition coefficient (Wildman–Crippen LogP) is 11.7. The lowest BCUT2D eigenvalue weighted by Crippen LogP contribution is -1.96. The molecule has 0 aromatic heterocycles. The summed E-state index contributed by atoms with van der Waals surface area (Å²) in [5, 5.41) is 8.30. The summed E-state index contributed by atoms with van der Waals surface area (Å²) in [5.41, 5.74) is 22.7. The number of para-hydroxylation sites is 2. The van der Waals surface area contributed by atoms with Crippen molar-refractivity contribution in [2.24, 2.45) is 5.73 Å². The molecule has 0 aliphatic rings. The summed E-state index contributed by atoms with van der Waals surface area (Å²) in [4.78, 5) is 0. The van der Waals surface area contributed by atoms with Crippen molar-refractivity contribution in [3.05, 3.63) is 182 Å². The van der Waals surface area contributed by atoms with E-state index in [1.165, 1.54) is 43.8 Å². The molecule has 0 bridgehead atoms. The summed E-state index contributed by atoms with van der Waals surface area (Å²) in [6.45, 7) is 5.84. The van der Waals surface area contributed by atoms with Gasteiger partial charge in [-0.05, 0) is 92.9 Å². The average molecular weight is 644 g/mol. The van der Waals surface area contributed by atoms with Crippen molar-refractivity contribution in [2.45, 2.75) is 6.92 Å². The van der Waals surface area contributed by atoms with Gasteiger partial charge in [0.1, 0.15) is 0 Å². The lowest BCUT2D eigenvalue weighted by atomic mass is 9.86. The number of fused-ring (bicyclic) bond motifs is 2. The Balaban J connectivity index is 0.000000440. The molecular weight excluding hydrogens is 603 g/mol. The van der Waals surface area contributed by atoms with E-state index in [0.29, 0.717) is 5.70 Å². The van der Waals surface area contributed by atoms with Gasteiger partial charge in [-0.3, -0.25) is 0 Å². The third-order valence-electron chi connectivity index (χ3n) is 8.09. The standard InChI is InChI=1S/C36H29N3.C7H8.CH4S/c1-2-9-32(37)24-16-18-25(19-17-24)35-28-10-3-5-12-30(28)36(31-13-6-4-11-29(31)35)26-20-22-27(23-21-26)39-34-15-8-7-14-33(34)38;1-7-5-3-2-4-6-7;1-2/h2-23,39H,1,37-38H2;2-6H,1H3;2H,1H3/b32-9-;;. The van der Waals surface area contributed by atoms with Gasteiger partial charge in [0.15, 0.2) is 0 Å². The van der Waals surface area contributed by atoms with Crippen LogP contribution in [0.1, 0.15) is 11.1 Å². The molecule has 7 rings (SSSR count). The van der Waals surface area contributed by atoms with Crippen LogP contribution in [-0.2, 0) is 0 Å². The second-order valence-corrected chi connectivity index (χ2v) is 11.2. The van der Waals surface area contributed by atoms with Crippen LogP contribution in [0, 0.1) is 6.92 Å². The summed E-state index contributed by atoms with van der Waals surface area (Å²) >= 11 is 3.53. The highest BCUT2D eigenvalue weighted by Crippen LogP contribution is 2.43. The van der Waals surface area contributed by atoms with Crippen LogP contribution >= 0.6 is 12.6 Å². The van der Waals surface area contributed by atoms with E-state index < -0.39 is 0 Å². The maximum atomic E-state index is 6.20. The van der Waals surface area contributed by atoms with Crippen LogP contribution in [0.25, 0.3) is 49.5 Å². The minimum Gasteiger partial charge on any atom is -0.398 e. The number of anilines is 3. The van der Waals surface area contributed by atoms with Gasteiger partial charge in [-0.1, -0.05) is 146 Å². The molecule has 0 atom stereocenters. The number of nitrogen functional groups attached to an aromatic ring is 1. The number of nitrogens with one attached hydrogen (secondary N) is 1. The zero-order chi connectivity index (χ0) is 33.9. The molecule has 0 heterocycles. The van der Waals surface area contributed by atoms with Gasteiger partial charge in [0.2, 0.25) is 0 Å². The summed E-state index contributed by atoms with van der Waals surface area (Å²) in [6.07, 6.45) is 5.23. The van der Waals surface area contributed by atoms with E-state index in [9.17, 15) is 0 Å². The highest BCUT2D eigenvalue weighted by atomic mass is 32.1. The van der Waals surface area contributed by atoms with Crippen molar-refractivity contribution < 1.29 is 0 Å². The lowest BCUT2D eigenvalue weighted by Gasteiger charge is -2.18. The van der Waals surface area contributed by atoms with E-state index in [4.69, 9.17) is 11.5 Å². The number of hydrogen-bond donors (Lipinski definition) is 4. The second kappa shape index (κ2) is 16.2. The van der Waals surface area contributed by atoms with Gasteiger partial charge in [-0.15, -0.1) is 0 Å². The maximum Gasteiger partial charge on any atom is 0.0617 e. The van der Waals surface area contributed by atoms with E-state index in [2.05, 4.69) is 141 Å². The topological polar surface area (TPSA) is 64.1 Å². The molecule has 0 amide bonds. The quantitative estimate of drug-likeness (QED) is 0.0631. The zero-order valence-corrected chi connectivity index (χ0v) is 28.3. The number of thiol groups is 1. The maximum absolute atomic E-state index is 6.20. The van der Waals surface area contributed by atoms with Crippen LogP contribution in [-0.4, -0.2) is 6.26 Å². The zero-order valence-electron chi connectivity index (χ0n) is 27.4. The number of nitrogens with two attached hydrogens (primary N) is 2. The Morgan fingerprint density at radius 3 is 1.46 bits per heavy atom. The Morgan fingerprint density at radius 2 is 1.02 bits per heavy atom. The second-order valence-electron chi connectivity index (χ2n) is 11.2. The van der Waals surface area contributed by atoms with Gasteiger partial charge in [-0.25, -0.2) is 0 Å². The van der Waals surface area contributed by atoms with Gasteiger partial charge in [0.05, 0.1) is 11.4 Å². The van der Waals surface area contributed by atoms with Gasteiger partial charge >= 0.3 is 0 Å². The predicted molar refractivity (Wildman–Crippen MR) is 215 cm³/mol. The fourth-order valence-electron chi connectivity index (χ4n) is 5.82. The highest BCUT2D eigenvalue weighted by Gasteiger charge is 2.16. The normalized spacial score (nSPS) is 10.8. The molecule has 3 nitrogen and oxygen atoms in total. The first-order chi connectivity index (χ1) is 23.5. The smallest absolute Gasteiger partial charge is 0.0617 e. The SMILES string of the molecule is C=C/C=C(\N)c1ccc(-c2c3ccccc3c(-c3ccc(Nc4ccccc4N)cc3)c3ccccc23)cc1.CS.Cc1ccccc1. The summed E-state index contributed by atoms with van der Waals surface area (Å²) in [7, 11) is 0. The monoisotopic (exact) mass is 643 g/mol. The first-order valence-electron chi connectivity index (χ1n) is 15.8. The van der Waals surface area contributed by atoms with Crippen molar-refractivity contribution in [1.29, 1.82) is 0 Å². The number of benzene rings is 7. The van der Waals surface area contributed by atoms with E-state index >= 15 is 0 Å². The molecule has 0 saturated carbocycles. The van der Waals surface area contributed by atoms with Gasteiger partial charge in [0.25, 0.3) is 0 Å². The number of allylic oxidation sites excluding steroid dienone is 2. The Morgan fingerprint density at radius 1 is 0.583 bits per heavy atom. The van der Waals surface area contributed by atoms with Gasteiger partial charge < -0.3 is 16.8 Å². The Bertz CT molecular complexity index is 2090. The number of rotatable bonds is 6. The number of hydrogen-bond acceptors (Lipinski definition) is 4. The van der Waals surface area contributed by atoms with Crippen LogP contribution in [0.15, 0.2) is 170 Å². The highest BCUT2D eigenvalue weighted by molar-refractivity contribution is 7.79. The third kappa shape index (κ3) is 7.63. The third-order valence-corrected chi connectivity index (χ3v) is 8.09. The molecule has 0 saturated heterocycles. The first kappa shape index (κ1) is 33.6. The van der Waals surface area contributed by atoms with E-state index in [1.807, 2.05) is 48.5 Å². The van der Waals surface area contributed by atoms with Crippen molar-refractivity contribution in [3.8, 4) is 22.3 Å². The lowest BCUT2D eigenvalue weighted by molar-refractivity contribution is 1.48. The van der Waals surface area contributed by atoms with E-state index in [0.717, 1.165) is 28.2 Å². The molecule has 0 aliphatic carbocycles. The molecule has 0 spiro atoms. The molecule has 238 valence electrons. The molecule has 7 aromatic rings. The fraction of sp³-hybridized carbons (Fsp3) is 0.0455. The van der Waals surface area contributed by atoms with Crippen molar-refractivity contribution in [3.63, 3.8) is 0 Å². The molecular formula is C44H41N3S. The van der Waals surface area contributed by atoms with E-state index in [-0.39, 0.29) is 0 Å². The largest absolute Gasteiger partial charge is 0.398 e. The molecule has 48 heavy (non-hydrogen) atoms. The van der Waals surface area contributed by atoms with Crippen LogP contribution in [0.4, 0.5) is 17.1 Å². The summed E-state index contributed by atoms with van der Waals surface area (Å²) in [6, 6.07) is 52.4. The Kier molecular flexibility index (Phi) is 11.4. The Labute approximate surface area is 289 Å². The van der Waals surface area contributed by atoms with Crippen molar-refractivity contribution in [1.82, 2.24) is 0 Å². The summed E-state index contributed by atoms with van der Waals surface area (Å²) in [5.74, 6) is 0. The van der Waals surface area contributed by atoms with Gasteiger partial charge in [-0.2, -0.15) is 12.6 Å². The fourth-order valence-corrected chi connectivity index (χ4v) is 5.82. The molecule has 0 fully saturated rings. The van der Waals surface area contributed by atoms with Crippen LogP contribution in [0.2, 0.25) is 0 Å². The molecule has 0 aliphatic heterocycles. The molecule has 0 radical (unpaired) electrons. The summed E-state index contributed by atoms with van der Waals surface area (Å²) < 4.78 is 0. The molecule has 7 aromatic carbocycles. The first-order valence-corrected chi connectivity index (χ1v) is 16.7. The molecule has 5 N–H and O–H groups in total. The minimum absolute atomic E-state index is 0.703.